The molecule has 2 aromatic rings. The van der Waals surface area contributed by atoms with Crippen molar-refractivity contribution in [3.63, 3.8) is 0 Å². The number of aromatic nitrogens is 2. The monoisotopic (exact) mass is 510 g/mol. The second kappa shape index (κ2) is 14.5. The number of halogens is 5. The minimum absolute atomic E-state index is 0.118. The highest BCUT2D eigenvalue weighted by atomic mass is 32.1. The number of hydrogen-bond acceptors (Lipinski definition) is 4. The number of hydrogen-bond donors (Lipinski definition) is 4. The molecule has 0 spiro atoms. The number of imidazole rings is 1. The van der Waals surface area contributed by atoms with Gasteiger partial charge >= 0.3 is 6.18 Å². The van der Waals surface area contributed by atoms with Gasteiger partial charge in [-0.1, -0.05) is 46.1 Å². The molecule has 3 N–H and O–H groups in total. The zero-order chi connectivity index (χ0) is 25.8. The molecular weight excluding hydrogens is 475 g/mol. The van der Waals surface area contributed by atoms with Crippen LogP contribution in [0, 0.1) is 5.92 Å². The highest BCUT2D eigenvalue weighted by molar-refractivity contribution is 7.78. The Labute approximate surface area is 203 Å². The molecule has 0 saturated heterocycles. The lowest BCUT2D eigenvalue weighted by Crippen LogP contribution is -2.24. The summed E-state index contributed by atoms with van der Waals surface area (Å²) in [6.07, 6.45) is -3.33. The van der Waals surface area contributed by atoms with Gasteiger partial charge in [-0.3, -0.25) is 9.52 Å². The molecule has 1 saturated carbocycles. The average Bonchev–Trinajstić information content (AvgIpc) is 3.12. The van der Waals surface area contributed by atoms with Crippen molar-refractivity contribution in [2.75, 3.05) is 0 Å². The summed E-state index contributed by atoms with van der Waals surface area (Å²) in [6.45, 7) is 7.15. The molecule has 11 heteroatoms. The minimum atomic E-state index is -4.32. The van der Waals surface area contributed by atoms with E-state index < -0.39 is 30.8 Å². The maximum atomic E-state index is 12.2. The van der Waals surface area contributed by atoms with Crippen LogP contribution in [0.25, 0.3) is 11.0 Å². The van der Waals surface area contributed by atoms with E-state index in [9.17, 15) is 26.7 Å². The number of carbonyl (C=O) groups is 1. The number of H-pyrrole nitrogens is 1. The van der Waals surface area contributed by atoms with Gasteiger partial charge in [0.05, 0.1) is 24.0 Å². The van der Waals surface area contributed by atoms with Crippen LogP contribution < -0.4 is 10.0 Å². The van der Waals surface area contributed by atoms with Crippen molar-refractivity contribution in [1.82, 2.24) is 20.0 Å². The molecule has 0 radical (unpaired) electrons. The predicted octanol–water partition coefficient (Wildman–Crippen LogP) is 6.70. The number of nitrogens with zero attached hydrogens (tertiary/aromatic N) is 1. The van der Waals surface area contributed by atoms with E-state index in [1.165, 1.54) is 0 Å². The summed E-state index contributed by atoms with van der Waals surface area (Å²) >= 11 is 3.89. The Kier molecular flexibility index (Phi) is 12.9. The van der Waals surface area contributed by atoms with Crippen molar-refractivity contribution in [2.45, 2.75) is 90.9 Å². The first-order valence-corrected chi connectivity index (χ1v) is 11.8. The fourth-order valence-corrected chi connectivity index (χ4v) is 3.14. The molecule has 1 aromatic carbocycles. The van der Waals surface area contributed by atoms with Gasteiger partial charge in [0.1, 0.15) is 5.82 Å². The Bertz CT molecular complexity index is 860. The van der Waals surface area contributed by atoms with E-state index in [4.69, 9.17) is 0 Å². The molecule has 1 fully saturated rings. The molecule has 0 bridgehead atoms. The molecule has 1 heterocycles. The van der Waals surface area contributed by atoms with Crippen molar-refractivity contribution in [3.8, 4) is 0 Å². The Balaban J connectivity index is 0.000000395. The zero-order valence-electron chi connectivity index (χ0n) is 19.9. The van der Waals surface area contributed by atoms with Crippen LogP contribution in [0.5, 0.6) is 0 Å². The van der Waals surface area contributed by atoms with Crippen molar-refractivity contribution in [3.05, 3.63) is 29.6 Å². The first kappa shape index (κ1) is 30.2. The Morgan fingerprint density at radius 3 is 2.26 bits per heavy atom. The number of amides is 1. The lowest BCUT2D eigenvalue weighted by Gasteiger charge is -2.20. The topological polar surface area (TPSA) is 69.8 Å². The largest absolute Gasteiger partial charge is 0.389 e. The summed E-state index contributed by atoms with van der Waals surface area (Å²) < 4.78 is 63.1. The van der Waals surface area contributed by atoms with Gasteiger partial charge in [0.25, 0.3) is 0 Å². The summed E-state index contributed by atoms with van der Waals surface area (Å²) in [5, 5.41) is 2.47. The molecule has 1 amide bonds. The Morgan fingerprint density at radius 2 is 1.76 bits per heavy atom. The van der Waals surface area contributed by atoms with Crippen LogP contribution >= 0.6 is 12.8 Å². The number of thiol groups is 1. The van der Waals surface area contributed by atoms with E-state index in [2.05, 4.69) is 53.6 Å². The molecule has 1 aliphatic carbocycles. The van der Waals surface area contributed by atoms with Gasteiger partial charge in [-0.05, 0) is 36.5 Å². The Morgan fingerprint density at radius 1 is 1.15 bits per heavy atom. The maximum Gasteiger partial charge on any atom is 0.389 e. The van der Waals surface area contributed by atoms with Gasteiger partial charge in [-0.15, -0.1) is 0 Å². The van der Waals surface area contributed by atoms with Crippen molar-refractivity contribution < 1.29 is 26.7 Å². The van der Waals surface area contributed by atoms with E-state index in [1.54, 1.807) is 18.2 Å². The number of fused-ring (bicyclic) bond motifs is 1. The fourth-order valence-electron chi connectivity index (χ4n) is 2.99. The molecule has 0 unspecified atom stereocenters. The van der Waals surface area contributed by atoms with Gasteiger partial charge in [0.15, 0.2) is 0 Å². The van der Waals surface area contributed by atoms with Crippen LogP contribution in [0.15, 0.2) is 18.2 Å². The van der Waals surface area contributed by atoms with Crippen molar-refractivity contribution in [1.29, 1.82) is 0 Å². The summed E-state index contributed by atoms with van der Waals surface area (Å²) in [6, 6.07) is 5.35. The second-order valence-electron chi connectivity index (χ2n) is 8.91. The Hall–Kier alpha value is -1.88. The lowest BCUT2D eigenvalue weighted by molar-refractivity contribution is -0.144. The van der Waals surface area contributed by atoms with E-state index in [0.717, 1.165) is 34.8 Å². The van der Waals surface area contributed by atoms with Crippen LogP contribution in [0.3, 0.4) is 0 Å². The molecule has 0 atom stereocenters. The standard InChI is InChI=1S/C13H15F3N4OS.C6H10F2.C4H10/c14-13(15,16)4-3-12(21)17-6-8-1-2-9-10(5-8)20-11(19-9)7-18-22;7-6(8)4-2-1-3-5-6;1-4(2)3/h1-2,5,18,22H,3-4,6-7H2,(H,17,21)(H,19,20);1-5H2;4H,1-3H3. The summed E-state index contributed by atoms with van der Waals surface area (Å²) in [4.78, 5) is 18.8. The maximum absolute atomic E-state index is 12.2. The molecular formula is C23H35F5N4OS. The van der Waals surface area contributed by atoms with Gasteiger partial charge < -0.3 is 10.3 Å². The molecule has 1 aromatic heterocycles. The third-order valence-corrected chi connectivity index (χ3v) is 4.71. The number of alkyl halides is 5. The first-order valence-electron chi connectivity index (χ1n) is 11.4. The fraction of sp³-hybridized carbons (Fsp3) is 0.652. The SMILES string of the molecule is CC(C)C.FC1(F)CCCCC1.O=C(CCC(F)(F)F)NCc1ccc2nc(CNS)[nH]c2c1. The summed E-state index contributed by atoms with van der Waals surface area (Å²) in [5.74, 6) is -1.39. The molecule has 0 aliphatic heterocycles. The number of nitrogens with one attached hydrogen (secondary N) is 3. The second-order valence-corrected chi connectivity index (χ2v) is 9.23. The summed E-state index contributed by atoms with van der Waals surface area (Å²) in [7, 11) is 0. The number of carbonyl (C=O) groups excluding carboxylic acids is 1. The third-order valence-electron chi connectivity index (χ3n) is 4.55. The van der Waals surface area contributed by atoms with E-state index in [1.807, 2.05) is 0 Å². The lowest BCUT2D eigenvalue weighted by atomic mass is 9.97. The van der Waals surface area contributed by atoms with Gasteiger partial charge in [-0.2, -0.15) is 13.2 Å². The highest BCUT2D eigenvalue weighted by Crippen LogP contribution is 2.32. The van der Waals surface area contributed by atoms with E-state index in [0.29, 0.717) is 19.4 Å². The smallest absolute Gasteiger partial charge is 0.352 e. The normalized spacial score (nSPS) is 15.2. The van der Waals surface area contributed by atoms with Crippen LogP contribution in [0.4, 0.5) is 22.0 Å². The average molecular weight is 511 g/mol. The van der Waals surface area contributed by atoms with Gasteiger partial charge in [-0.25, -0.2) is 13.8 Å². The quantitative estimate of drug-likeness (QED) is 0.258. The molecule has 194 valence electrons. The molecule has 3 rings (SSSR count). The van der Waals surface area contributed by atoms with Gasteiger partial charge in [0, 0.05) is 25.8 Å². The van der Waals surface area contributed by atoms with Gasteiger partial charge in [0.2, 0.25) is 11.8 Å². The van der Waals surface area contributed by atoms with Crippen LogP contribution in [-0.2, 0) is 17.9 Å². The summed E-state index contributed by atoms with van der Waals surface area (Å²) in [5.41, 5.74) is 2.34. The van der Waals surface area contributed by atoms with Crippen LogP contribution in [-0.4, -0.2) is 28.0 Å². The first-order chi connectivity index (χ1) is 15.8. The van der Waals surface area contributed by atoms with E-state index >= 15 is 0 Å². The molecule has 5 nitrogen and oxygen atoms in total. The third kappa shape index (κ3) is 13.7. The van der Waals surface area contributed by atoms with Crippen molar-refractivity contribution >= 4 is 29.8 Å². The number of benzene rings is 1. The molecule has 34 heavy (non-hydrogen) atoms. The van der Waals surface area contributed by atoms with Crippen molar-refractivity contribution in [2.24, 2.45) is 5.92 Å². The zero-order valence-corrected chi connectivity index (χ0v) is 20.8. The predicted molar refractivity (Wildman–Crippen MR) is 128 cm³/mol. The molecule has 1 aliphatic rings. The van der Waals surface area contributed by atoms with Crippen LogP contribution in [0.2, 0.25) is 0 Å². The van der Waals surface area contributed by atoms with E-state index in [-0.39, 0.29) is 19.4 Å². The highest BCUT2D eigenvalue weighted by Gasteiger charge is 2.30. The number of aromatic amines is 1. The number of rotatable bonds is 6. The van der Waals surface area contributed by atoms with Crippen LogP contribution in [0.1, 0.15) is 77.1 Å². The minimum Gasteiger partial charge on any atom is -0.352 e.